The molecule has 126 valence electrons. The van der Waals surface area contributed by atoms with Crippen molar-refractivity contribution in [1.82, 2.24) is 0 Å². The zero-order chi connectivity index (χ0) is 14.8. The molecule has 0 saturated heterocycles. The quantitative estimate of drug-likeness (QED) is 0.620. The van der Waals surface area contributed by atoms with Crippen LogP contribution in [0.4, 0.5) is 0 Å². The summed E-state index contributed by atoms with van der Waals surface area (Å²) in [7, 11) is 0. The molecule has 0 amide bonds. The van der Waals surface area contributed by atoms with Crippen LogP contribution in [0.3, 0.4) is 0 Å². The van der Waals surface area contributed by atoms with E-state index in [1.54, 1.807) is 6.56 Å². The van der Waals surface area contributed by atoms with E-state index in [2.05, 4.69) is 40.4 Å². The van der Waals surface area contributed by atoms with Crippen LogP contribution in [0.1, 0.15) is 25.7 Å². The van der Waals surface area contributed by atoms with E-state index in [1.165, 1.54) is 11.1 Å². The SMILES string of the molecule is Cl.Cl.[CH3][Zr]([CH3])(=[SiH2])([C]1=CC(CCO)=CC1)[C]1=CC(CCO)=CC1. The third-order valence-electron chi connectivity index (χ3n) is 4.75. The summed E-state index contributed by atoms with van der Waals surface area (Å²) in [5, 5.41) is 18.2. The number of aliphatic hydroxyl groups excluding tert-OH is 2. The van der Waals surface area contributed by atoms with E-state index in [-0.39, 0.29) is 38.0 Å². The molecule has 0 aromatic carbocycles. The first kappa shape index (κ1) is 22.6. The fraction of sp³-hybridized carbons (Fsp3) is 0.500. The summed E-state index contributed by atoms with van der Waals surface area (Å²) < 4.78 is 8.31. The minimum atomic E-state index is -2.97. The summed E-state index contributed by atoms with van der Waals surface area (Å²) >= 11 is -2.97. The van der Waals surface area contributed by atoms with E-state index in [0.717, 1.165) is 25.7 Å². The van der Waals surface area contributed by atoms with Crippen LogP contribution in [0.25, 0.3) is 0 Å². The summed E-state index contributed by atoms with van der Waals surface area (Å²) in [6.07, 6.45) is 13.0. The molecule has 0 bridgehead atoms. The number of rotatable bonds is 6. The summed E-state index contributed by atoms with van der Waals surface area (Å²) in [5.41, 5.74) is 2.61. The van der Waals surface area contributed by atoms with Crippen molar-refractivity contribution in [3.8, 4) is 0 Å². The molecule has 0 atom stereocenters. The van der Waals surface area contributed by atoms with Crippen molar-refractivity contribution in [1.29, 1.82) is 0 Å². The van der Waals surface area contributed by atoms with Gasteiger partial charge in [0.05, 0.1) is 0 Å². The van der Waals surface area contributed by atoms with E-state index in [4.69, 9.17) is 10.2 Å². The average molecular weight is 443 g/mol. The van der Waals surface area contributed by atoms with Crippen LogP contribution < -0.4 is 0 Å². The monoisotopic (exact) mass is 440 g/mol. The molecule has 22 heavy (non-hydrogen) atoms. The number of aliphatic hydroxyl groups is 2. The van der Waals surface area contributed by atoms with Crippen molar-refractivity contribution in [2.24, 2.45) is 0 Å². The Kier molecular flexibility index (Phi) is 8.82. The number of hydrogen-bond donors (Lipinski definition) is 2. The molecule has 2 N–H and O–H groups in total. The fourth-order valence-corrected chi connectivity index (χ4v) is 13.9. The van der Waals surface area contributed by atoms with Gasteiger partial charge in [0.25, 0.3) is 0 Å². The van der Waals surface area contributed by atoms with Gasteiger partial charge in [-0.3, -0.25) is 0 Å². The molecule has 0 unspecified atom stereocenters. The Morgan fingerprint density at radius 1 is 0.909 bits per heavy atom. The molecule has 2 rings (SSSR count). The van der Waals surface area contributed by atoms with Crippen LogP contribution in [0.5, 0.6) is 0 Å². The molecule has 0 aromatic rings. The van der Waals surface area contributed by atoms with Gasteiger partial charge in [0.15, 0.2) is 0 Å². The van der Waals surface area contributed by atoms with Crippen molar-refractivity contribution < 1.29 is 27.6 Å². The van der Waals surface area contributed by atoms with Crippen molar-refractivity contribution in [2.75, 3.05) is 13.2 Å². The maximum atomic E-state index is 9.09. The second-order valence-corrected chi connectivity index (χ2v) is 35.8. The number of hydrogen-bond acceptors (Lipinski definition) is 2. The Bertz CT molecular complexity index is 551. The summed E-state index contributed by atoms with van der Waals surface area (Å²) in [6, 6.07) is 0. The molecule has 0 heterocycles. The fourth-order valence-electron chi connectivity index (χ4n) is 3.10. The van der Waals surface area contributed by atoms with Gasteiger partial charge in [0, 0.05) is 0 Å². The van der Waals surface area contributed by atoms with Gasteiger partial charge in [-0.05, 0) is 0 Å². The Balaban J connectivity index is 0.00000220. The van der Waals surface area contributed by atoms with Gasteiger partial charge >= 0.3 is 125 Å². The molecule has 0 aromatic heterocycles. The van der Waals surface area contributed by atoms with Gasteiger partial charge in [0.2, 0.25) is 0 Å². The zero-order valence-corrected chi connectivity index (χ0v) is 19.0. The van der Waals surface area contributed by atoms with E-state index in [0.29, 0.717) is 0 Å². The van der Waals surface area contributed by atoms with E-state index in [9.17, 15) is 0 Å². The van der Waals surface area contributed by atoms with Crippen LogP contribution in [0.15, 0.2) is 42.0 Å². The summed E-state index contributed by atoms with van der Waals surface area (Å²) in [4.78, 5) is 0. The number of halogens is 2. The van der Waals surface area contributed by atoms with Gasteiger partial charge in [-0.25, -0.2) is 0 Å². The Labute approximate surface area is 148 Å². The molecular weight excluding hydrogens is 414 g/mol. The number of allylic oxidation sites excluding steroid dienone is 6. The maximum absolute atomic E-state index is 9.09. The van der Waals surface area contributed by atoms with Crippen molar-refractivity contribution >= 4 is 31.7 Å². The molecule has 0 fully saturated rings. The molecular formula is C16H28Cl2O2SiZr. The topological polar surface area (TPSA) is 40.5 Å². The van der Waals surface area contributed by atoms with Crippen LogP contribution in [0, 0.1) is 0 Å². The van der Waals surface area contributed by atoms with Crippen LogP contribution in [-0.2, 0) is 17.4 Å². The average Bonchev–Trinajstić information content (AvgIpc) is 2.99. The minimum absolute atomic E-state index is 0. The van der Waals surface area contributed by atoms with Gasteiger partial charge < -0.3 is 0 Å². The van der Waals surface area contributed by atoms with Crippen molar-refractivity contribution in [3.63, 3.8) is 0 Å². The molecule has 0 saturated carbocycles. The summed E-state index contributed by atoms with van der Waals surface area (Å²) in [5.74, 6) is 0. The molecule has 2 aliphatic rings. The van der Waals surface area contributed by atoms with Gasteiger partial charge in [-0.15, -0.1) is 24.8 Å². The Morgan fingerprint density at radius 2 is 1.27 bits per heavy atom. The third-order valence-corrected chi connectivity index (χ3v) is 22.0. The third kappa shape index (κ3) is 4.78. The molecule has 2 aliphatic carbocycles. The van der Waals surface area contributed by atoms with Crippen LogP contribution >= 0.6 is 24.8 Å². The van der Waals surface area contributed by atoms with Crippen molar-refractivity contribution in [3.05, 3.63) is 42.0 Å². The predicted octanol–water partition coefficient (Wildman–Crippen LogP) is 3.36. The van der Waals surface area contributed by atoms with Gasteiger partial charge in [-0.2, -0.15) is 0 Å². The molecule has 6 heteroatoms. The normalized spacial score (nSPS) is 17.9. The molecule has 0 radical (unpaired) electrons. The van der Waals surface area contributed by atoms with Gasteiger partial charge in [-0.1, -0.05) is 0 Å². The molecule has 0 spiro atoms. The van der Waals surface area contributed by atoms with Gasteiger partial charge in [0.1, 0.15) is 0 Å². The first-order valence-electron chi connectivity index (χ1n) is 7.45. The summed E-state index contributed by atoms with van der Waals surface area (Å²) in [6.45, 7) is 2.74. The first-order valence-corrected chi connectivity index (χ1v) is 20.7. The van der Waals surface area contributed by atoms with E-state index in [1.807, 2.05) is 0 Å². The molecule has 0 aliphatic heterocycles. The predicted molar refractivity (Wildman–Crippen MR) is 99.7 cm³/mol. The molecule has 2 nitrogen and oxygen atoms in total. The second kappa shape index (κ2) is 8.60. The van der Waals surface area contributed by atoms with E-state index < -0.39 is 17.4 Å². The standard InChI is InChI=1S/2C7H9O.2CH3.2ClH.H2Si.Zr/c2*8-6-5-7-3-1-2-4-7;;;;;;/h2*3-4,8H,1,5-6H2;2*1H3;2*1H;1H2;. The van der Waals surface area contributed by atoms with Crippen LogP contribution in [-0.4, -0.2) is 30.3 Å². The Hall–Kier alpha value is 0.560. The Morgan fingerprint density at radius 3 is 1.59 bits per heavy atom. The first-order chi connectivity index (χ1) is 9.35. The van der Waals surface area contributed by atoms with Crippen molar-refractivity contribution in [2.45, 2.75) is 34.9 Å². The second-order valence-electron chi connectivity index (χ2n) is 6.94. The van der Waals surface area contributed by atoms with E-state index >= 15 is 0 Å². The van der Waals surface area contributed by atoms with Crippen LogP contribution in [0.2, 0.25) is 9.26 Å². The zero-order valence-electron chi connectivity index (χ0n) is 13.5.